The summed E-state index contributed by atoms with van der Waals surface area (Å²) in [6.45, 7) is 0.413. The highest BCUT2D eigenvalue weighted by Gasteiger charge is 2.33. The number of fused-ring (bicyclic) bond motifs is 1. The minimum Gasteiger partial charge on any atom is -0.481 e. The third-order valence-electron chi connectivity index (χ3n) is 3.72. The van der Waals surface area contributed by atoms with E-state index in [2.05, 4.69) is 0 Å². The number of ether oxygens (including phenoxy) is 2. The highest BCUT2D eigenvalue weighted by Crippen LogP contribution is 2.35. The molecule has 0 spiro atoms. The van der Waals surface area contributed by atoms with Gasteiger partial charge in [-0.25, -0.2) is 8.42 Å². The monoisotopic (exact) mass is 313 g/mol. The second-order valence-electron chi connectivity index (χ2n) is 5.06. The Kier molecular flexibility index (Phi) is 3.50. The largest absolute Gasteiger partial charge is 0.481 e. The molecule has 2 aliphatic heterocycles. The van der Waals surface area contributed by atoms with Crippen molar-refractivity contribution in [2.45, 2.75) is 17.7 Å². The van der Waals surface area contributed by atoms with E-state index in [4.69, 9.17) is 14.6 Å². The molecule has 0 saturated carbocycles. The van der Waals surface area contributed by atoms with Crippen molar-refractivity contribution in [2.75, 3.05) is 19.9 Å². The molecule has 8 heteroatoms. The Morgan fingerprint density at radius 1 is 1.29 bits per heavy atom. The average molecular weight is 313 g/mol. The number of sulfonamides is 1. The number of aliphatic carboxylic acids is 1. The van der Waals surface area contributed by atoms with E-state index in [1.807, 2.05) is 0 Å². The third kappa shape index (κ3) is 2.56. The van der Waals surface area contributed by atoms with Crippen LogP contribution in [0.25, 0.3) is 0 Å². The first-order chi connectivity index (χ1) is 9.98. The molecule has 7 nitrogen and oxygen atoms in total. The Balaban J connectivity index is 1.88. The molecular formula is C13H15NO6S. The lowest BCUT2D eigenvalue weighted by Crippen LogP contribution is -2.42. The molecule has 0 aliphatic carbocycles. The number of carboxylic acid groups (broad SMARTS) is 1. The number of rotatable bonds is 3. The van der Waals surface area contributed by atoms with Crippen LogP contribution < -0.4 is 9.47 Å². The molecule has 3 rings (SSSR count). The fourth-order valence-corrected chi connectivity index (χ4v) is 4.09. The van der Waals surface area contributed by atoms with Gasteiger partial charge in [-0.3, -0.25) is 4.79 Å². The fraction of sp³-hybridized carbons (Fsp3) is 0.462. The summed E-state index contributed by atoms with van der Waals surface area (Å²) in [7, 11) is -3.72. The van der Waals surface area contributed by atoms with Gasteiger partial charge in [0.05, 0.1) is 10.8 Å². The summed E-state index contributed by atoms with van der Waals surface area (Å²) in [5, 5.41) is 9.06. The number of hydrogen-bond acceptors (Lipinski definition) is 5. The maximum Gasteiger partial charge on any atom is 0.307 e. The van der Waals surface area contributed by atoms with Crippen LogP contribution in [-0.4, -0.2) is 43.7 Å². The second-order valence-corrected chi connectivity index (χ2v) is 6.99. The van der Waals surface area contributed by atoms with Crippen molar-refractivity contribution in [3.05, 3.63) is 18.2 Å². The lowest BCUT2D eigenvalue weighted by molar-refractivity contribution is -0.142. The predicted octanol–water partition coefficient (Wildman–Crippen LogP) is 0.901. The summed E-state index contributed by atoms with van der Waals surface area (Å²) < 4.78 is 36.7. The minimum absolute atomic E-state index is 0.00606. The lowest BCUT2D eigenvalue weighted by atomic mass is 10.0. The van der Waals surface area contributed by atoms with Crippen molar-refractivity contribution in [3.63, 3.8) is 0 Å². The maximum absolute atomic E-state index is 12.6. The minimum atomic E-state index is -3.72. The zero-order chi connectivity index (χ0) is 15.0. The molecule has 2 heterocycles. The molecule has 1 saturated heterocycles. The maximum atomic E-state index is 12.6. The van der Waals surface area contributed by atoms with Gasteiger partial charge in [-0.05, 0) is 25.0 Å². The summed E-state index contributed by atoms with van der Waals surface area (Å²) in [6, 6.07) is 4.42. The number of carboxylic acids is 1. The van der Waals surface area contributed by atoms with Crippen molar-refractivity contribution in [2.24, 2.45) is 5.92 Å². The van der Waals surface area contributed by atoms with Gasteiger partial charge >= 0.3 is 5.97 Å². The van der Waals surface area contributed by atoms with Crippen LogP contribution in [0.5, 0.6) is 11.5 Å². The molecule has 1 fully saturated rings. The molecule has 0 radical (unpaired) electrons. The molecule has 1 N–H and O–H groups in total. The van der Waals surface area contributed by atoms with Gasteiger partial charge in [0.25, 0.3) is 0 Å². The zero-order valence-electron chi connectivity index (χ0n) is 11.2. The normalized spacial score (nSPS) is 22.2. The standard InChI is InChI=1S/C13H15NO6S/c15-13(16)9-2-1-5-14(7-9)21(17,18)10-3-4-11-12(6-10)20-8-19-11/h3-4,6,9H,1-2,5,7-8H2,(H,15,16)/t9-/m1/s1. The van der Waals surface area contributed by atoms with Crippen LogP contribution in [0.1, 0.15) is 12.8 Å². The third-order valence-corrected chi connectivity index (χ3v) is 5.58. The molecule has 21 heavy (non-hydrogen) atoms. The smallest absolute Gasteiger partial charge is 0.307 e. The van der Waals surface area contributed by atoms with Crippen molar-refractivity contribution in [1.82, 2.24) is 4.31 Å². The number of piperidine rings is 1. The van der Waals surface area contributed by atoms with Gasteiger partial charge < -0.3 is 14.6 Å². The molecule has 0 unspecified atom stereocenters. The van der Waals surface area contributed by atoms with Crippen LogP contribution in [0.4, 0.5) is 0 Å². The van der Waals surface area contributed by atoms with E-state index in [0.29, 0.717) is 30.9 Å². The summed E-state index contributed by atoms with van der Waals surface area (Å²) in [4.78, 5) is 11.2. The Morgan fingerprint density at radius 3 is 2.81 bits per heavy atom. The number of carbonyl (C=O) groups is 1. The quantitative estimate of drug-likeness (QED) is 0.891. The molecule has 1 atom stereocenters. The van der Waals surface area contributed by atoms with Crippen molar-refractivity contribution < 1.29 is 27.8 Å². The van der Waals surface area contributed by atoms with E-state index in [-0.39, 0.29) is 18.2 Å². The molecule has 0 bridgehead atoms. The number of nitrogens with zero attached hydrogens (tertiary/aromatic N) is 1. The molecule has 1 aromatic carbocycles. The van der Waals surface area contributed by atoms with Crippen LogP contribution in [0.15, 0.2) is 23.1 Å². The fourth-order valence-electron chi connectivity index (χ4n) is 2.55. The average Bonchev–Trinajstić information content (AvgIpc) is 2.94. The van der Waals surface area contributed by atoms with Crippen molar-refractivity contribution in [1.29, 1.82) is 0 Å². The summed E-state index contributed by atoms with van der Waals surface area (Å²) in [5.74, 6) is -0.706. The summed E-state index contributed by atoms with van der Waals surface area (Å²) in [5.41, 5.74) is 0. The van der Waals surface area contributed by atoms with Crippen molar-refractivity contribution >= 4 is 16.0 Å². The van der Waals surface area contributed by atoms with Gasteiger partial charge in [0, 0.05) is 19.2 Å². The van der Waals surface area contributed by atoms with Crippen LogP contribution in [0.2, 0.25) is 0 Å². The van der Waals surface area contributed by atoms with Crippen LogP contribution in [0, 0.1) is 5.92 Å². The zero-order valence-corrected chi connectivity index (χ0v) is 12.0. The van der Waals surface area contributed by atoms with Gasteiger partial charge in [0.1, 0.15) is 0 Å². The topological polar surface area (TPSA) is 93.1 Å². The van der Waals surface area contributed by atoms with Crippen LogP contribution >= 0.6 is 0 Å². The Hall–Kier alpha value is -1.80. The highest BCUT2D eigenvalue weighted by atomic mass is 32.2. The lowest BCUT2D eigenvalue weighted by Gasteiger charge is -2.29. The van der Waals surface area contributed by atoms with E-state index < -0.39 is 21.9 Å². The highest BCUT2D eigenvalue weighted by molar-refractivity contribution is 7.89. The first-order valence-corrected chi connectivity index (χ1v) is 8.05. The predicted molar refractivity (Wildman–Crippen MR) is 71.7 cm³/mol. The van der Waals surface area contributed by atoms with Gasteiger partial charge in [-0.1, -0.05) is 0 Å². The van der Waals surface area contributed by atoms with Gasteiger partial charge in [0.15, 0.2) is 11.5 Å². The SMILES string of the molecule is O=C(O)[C@@H]1CCCN(S(=O)(=O)c2ccc3c(c2)OCO3)C1. The second kappa shape index (κ2) is 5.19. The summed E-state index contributed by atoms with van der Waals surface area (Å²) >= 11 is 0. The molecule has 114 valence electrons. The van der Waals surface area contributed by atoms with E-state index in [1.54, 1.807) is 6.07 Å². The Labute approximate surface area is 122 Å². The van der Waals surface area contributed by atoms with Gasteiger partial charge in [0.2, 0.25) is 16.8 Å². The molecular weight excluding hydrogens is 298 g/mol. The van der Waals surface area contributed by atoms with E-state index >= 15 is 0 Å². The van der Waals surface area contributed by atoms with E-state index in [1.165, 1.54) is 16.4 Å². The molecule has 2 aliphatic rings. The molecule has 0 amide bonds. The van der Waals surface area contributed by atoms with Gasteiger partial charge in [-0.2, -0.15) is 4.31 Å². The molecule has 1 aromatic rings. The van der Waals surface area contributed by atoms with Crippen LogP contribution in [-0.2, 0) is 14.8 Å². The van der Waals surface area contributed by atoms with Crippen molar-refractivity contribution in [3.8, 4) is 11.5 Å². The Morgan fingerprint density at radius 2 is 2.05 bits per heavy atom. The van der Waals surface area contributed by atoms with E-state index in [0.717, 1.165) is 0 Å². The number of hydrogen-bond donors (Lipinski definition) is 1. The van der Waals surface area contributed by atoms with E-state index in [9.17, 15) is 13.2 Å². The van der Waals surface area contributed by atoms with Gasteiger partial charge in [-0.15, -0.1) is 0 Å². The van der Waals surface area contributed by atoms with Crippen LogP contribution in [0.3, 0.4) is 0 Å². The molecule has 0 aromatic heterocycles. The first kappa shape index (κ1) is 14.2. The summed E-state index contributed by atoms with van der Waals surface area (Å²) in [6.07, 6.45) is 1.04. The first-order valence-electron chi connectivity index (χ1n) is 6.61. The Bertz CT molecular complexity index is 671. The number of benzene rings is 1.